The minimum absolute atomic E-state index is 0.0694. The zero-order valence-electron chi connectivity index (χ0n) is 12.7. The van der Waals surface area contributed by atoms with Crippen molar-refractivity contribution in [2.24, 2.45) is 0 Å². The summed E-state index contributed by atoms with van der Waals surface area (Å²) in [7, 11) is 5.12. The number of carboxylic acids is 1. The molecule has 1 fully saturated rings. The highest BCUT2D eigenvalue weighted by Crippen LogP contribution is 2.31. The van der Waals surface area contributed by atoms with E-state index < -0.39 is 5.97 Å². The van der Waals surface area contributed by atoms with Crippen LogP contribution in [0.15, 0.2) is 18.2 Å². The maximum Gasteiger partial charge on any atom is 0.317 e. The molecule has 1 aliphatic rings. The molecule has 1 aliphatic heterocycles. The SMILES string of the molecule is COc1cc(OC)cc(N2CCC(N(C)CC(=O)O)C2)c1. The van der Waals surface area contributed by atoms with Gasteiger partial charge in [0, 0.05) is 43.0 Å². The molecule has 1 aromatic rings. The smallest absolute Gasteiger partial charge is 0.317 e. The molecule has 1 N–H and O–H groups in total. The van der Waals surface area contributed by atoms with E-state index in [4.69, 9.17) is 14.6 Å². The first-order valence-electron chi connectivity index (χ1n) is 6.93. The normalized spacial score (nSPS) is 18.1. The van der Waals surface area contributed by atoms with Gasteiger partial charge >= 0.3 is 5.97 Å². The molecule has 0 aromatic heterocycles. The van der Waals surface area contributed by atoms with Crippen molar-refractivity contribution in [3.8, 4) is 11.5 Å². The number of carbonyl (C=O) groups is 1. The Bertz CT molecular complexity index is 484. The molecule has 0 spiro atoms. The van der Waals surface area contributed by atoms with E-state index in [-0.39, 0.29) is 12.6 Å². The van der Waals surface area contributed by atoms with Gasteiger partial charge in [0.15, 0.2) is 0 Å². The van der Waals surface area contributed by atoms with Crippen LogP contribution in [0.1, 0.15) is 6.42 Å². The molecule has 6 nitrogen and oxygen atoms in total. The van der Waals surface area contributed by atoms with Gasteiger partial charge in [0.05, 0.1) is 20.8 Å². The van der Waals surface area contributed by atoms with Crippen LogP contribution in [-0.4, -0.2) is 62.9 Å². The molecule has 1 heterocycles. The lowest BCUT2D eigenvalue weighted by molar-refractivity contribution is -0.138. The van der Waals surface area contributed by atoms with Gasteiger partial charge in [-0.25, -0.2) is 0 Å². The largest absolute Gasteiger partial charge is 0.497 e. The number of nitrogens with zero attached hydrogens (tertiary/aromatic N) is 2. The Balaban J connectivity index is 2.08. The predicted molar refractivity (Wildman–Crippen MR) is 80.4 cm³/mol. The molecule has 1 aromatic carbocycles. The van der Waals surface area contributed by atoms with Crippen LogP contribution in [0.4, 0.5) is 5.69 Å². The molecular formula is C15H22N2O4. The number of anilines is 1. The molecule has 1 unspecified atom stereocenters. The third-order valence-electron chi connectivity index (χ3n) is 3.87. The quantitative estimate of drug-likeness (QED) is 0.853. The molecule has 0 radical (unpaired) electrons. The standard InChI is InChI=1S/C15H22N2O4/c1-16(10-15(18)19)11-4-5-17(9-11)12-6-13(20-2)8-14(7-12)21-3/h6-8,11H,4-5,9-10H2,1-3H3,(H,18,19). The number of hydrogen-bond donors (Lipinski definition) is 1. The Morgan fingerprint density at radius 3 is 2.48 bits per heavy atom. The Labute approximate surface area is 124 Å². The summed E-state index contributed by atoms with van der Waals surface area (Å²) in [5.41, 5.74) is 1.04. The third kappa shape index (κ3) is 3.78. The number of methoxy groups -OCH3 is 2. The fraction of sp³-hybridized carbons (Fsp3) is 0.533. The summed E-state index contributed by atoms with van der Waals surface area (Å²) in [6.07, 6.45) is 0.948. The molecule has 0 aliphatic carbocycles. The summed E-state index contributed by atoms with van der Waals surface area (Å²) >= 11 is 0. The van der Waals surface area contributed by atoms with Crippen molar-refractivity contribution >= 4 is 11.7 Å². The minimum Gasteiger partial charge on any atom is -0.497 e. The van der Waals surface area contributed by atoms with Crippen LogP contribution < -0.4 is 14.4 Å². The number of aliphatic carboxylic acids is 1. The summed E-state index contributed by atoms with van der Waals surface area (Å²) < 4.78 is 10.6. The van der Waals surface area contributed by atoms with Gasteiger partial charge in [0.1, 0.15) is 11.5 Å². The maximum atomic E-state index is 10.8. The second-order valence-corrected chi connectivity index (χ2v) is 5.27. The second kappa shape index (κ2) is 6.67. The lowest BCUT2D eigenvalue weighted by atomic mass is 10.2. The molecule has 0 saturated carbocycles. The lowest BCUT2D eigenvalue weighted by Gasteiger charge is -2.24. The van der Waals surface area contributed by atoms with Crippen LogP contribution in [0.25, 0.3) is 0 Å². The van der Waals surface area contributed by atoms with Gasteiger partial charge in [-0.15, -0.1) is 0 Å². The summed E-state index contributed by atoms with van der Waals surface area (Å²) in [6.45, 7) is 1.77. The first-order chi connectivity index (χ1) is 10.0. The van der Waals surface area contributed by atoms with Crippen LogP contribution in [0.3, 0.4) is 0 Å². The third-order valence-corrected chi connectivity index (χ3v) is 3.87. The Morgan fingerprint density at radius 1 is 1.33 bits per heavy atom. The van der Waals surface area contributed by atoms with Gasteiger partial charge in [-0.2, -0.15) is 0 Å². The summed E-state index contributed by atoms with van der Waals surface area (Å²) in [6, 6.07) is 6.04. The van der Waals surface area contributed by atoms with Gasteiger partial charge < -0.3 is 19.5 Å². The maximum absolute atomic E-state index is 10.8. The molecule has 1 atom stereocenters. The van der Waals surface area contributed by atoms with E-state index in [2.05, 4.69) is 4.90 Å². The lowest BCUT2D eigenvalue weighted by Crippen LogP contribution is -2.37. The number of hydrogen-bond acceptors (Lipinski definition) is 5. The number of likely N-dealkylation sites (N-methyl/N-ethyl adjacent to an activating group) is 1. The van der Waals surface area contributed by atoms with Crippen molar-refractivity contribution in [1.29, 1.82) is 0 Å². The average molecular weight is 294 g/mol. The fourth-order valence-electron chi connectivity index (χ4n) is 2.65. The number of benzene rings is 1. The summed E-state index contributed by atoms with van der Waals surface area (Å²) in [5, 5.41) is 8.88. The van der Waals surface area contributed by atoms with Crippen LogP contribution in [0.5, 0.6) is 11.5 Å². The molecule has 6 heteroatoms. The second-order valence-electron chi connectivity index (χ2n) is 5.27. The van der Waals surface area contributed by atoms with Crippen LogP contribution in [0.2, 0.25) is 0 Å². The minimum atomic E-state index is -0.793. The highest BCUT2D eigenvalue weighted by atomic mass is 16.5. The van der Waals surface area contributed by atoms with Crippen LogP contribution in [-0.2, 0) is 4.79 Å². The summed E-state index contributed by atoms with van der Waals surface area (Å²) in [5.74, 6) is 0.720. The molecule has 2 rings (SSSR count). The molecule has 116 valence electrons. The van der Waals surface area contributed by atoms with E-state index in [1.807, 2.05) is 30.1 Å². The molecule has 0 bridgehead atoms. The zero-order chi connectivity index (χ0) is 15.4. The van der Waals surface area contributed by atoms with Crippen molar-refractivity contribution in [3.05, 3.63) is 18.2 Å². The van der Waals surface area contributed by atoms with Gasteiger partial charge in [0.2, 0.25) is 0 Å². The molecule has 21 heavy (non-hydrogen) atoms. The van der Waals surface area contributed by atoms with Crippen LogP contribution >= 0.6 is 0 Å². The molecule has 0 amide bonds. The monoisotopic (exact) mass is 294 g/mol. The van der Waals surface area contributed by atoms with Crippen molar-refractivity contribution in [3.63, 3.8) is 0 Å². The van der Waals surface area contributed by atoms with E-state index in [1.165, 1.54) is 0 Å². The van der Waals surface area contributed by atoms with Gasteiger partial charge in [-0.1, -0.05) is 0 Å². The zero-order valence-corrected chi connectivity index (χ0v) is 12.7. The fourth-order valence-corrected chi connectivity index (χ4v) is 2.65. The van der Waals surface area contributed by atoms with Crippen molar-refractivity contribution in [1.82, 2.24) is 4.90 Å². The van der Waals surface area contributed by atoms with Crippen molar-refractivity contribution in [2.75, 3.05) is 45.8 Å². The molecule has 1 saturated heterocycles. The predicted octanol–water partition coefficient (Wildman–Crippen LogP) is 1.30. The van der Waals surface area contributed by atoms with Gasteiger partial charge in [-0.3, -0.25) is 9.69 Å². The van der Waals surface area contributed by atoms with E-state index in [1.54, 1.807) is 14.2 Å². The topological polar surface area (TPSA) is 62.2 Å². The van der Waals surface area contributed by atoms with E-state index in [9.17, 15) is 4.79 Å². The Morgan fingerprint density at radius 2 is 1.95 bits per heavy atom. The van der Waals surface area contributed by atoms with Gasteiger partial charge in [0.25, 0.3) is 0 Å². The Hall–Kier alpha value is -1.95. The van der Waals surface area contributed by atoms with Crippen molar-refractivity contribution < 1.29 is 19.4 Å². The first-order valence-corrected chi connectivity index (χ1v) is 6.93. The highest BCUT2D eigenvalue weighted by Gasteiger charge is 2.27. The number of carboxylic acid groups (broad SMARTS) is 1. The van der Waals surface area contributed by atoms with Crippen molar-refractivity contribution in [2.45, 2.75) is 12.5 Å². The first kappa shape index (κ1) is 15.4. The van der Waals surface area contributed by atoms with Gasteiger partial charge in [-0.05, 0) is 13.5 Å². The van der Waals surface area contributed by atoms with Crippen LogP contribution in [0, 0.1) is 0 Å². The highest BCUT2D eigenvalue weighted by molar-refractivity contribution is 5.69. The number of ether oxygens (including phenoxy) is 2. The average Bonchev–Trinajstić information content (AvgIpc) is 2.96. The number of rotatable bonds is 6. The Kier molecular flexibility index (Phi) is 4.90. The molecular weight excluding hydrogens is 272 g/mol. The summed E-state index contributed by atoms with van der Waals surface area (Å²) in [4.78, 5) is 14.9. The van der Waals surface area contributed by atoms with E-state index >= 15 is 0 Å². The van der Waals surface area contributed by atoms with E-state index in [0.29, 0.717) is 0 Å². The van der Waals surface area contributed by atoms with E-state index in [0.717, 1.165) is 36.7 Å².